The summed E-state index contributed by atoms with van der Waals surface area (Å²) in [4.78, 5) is 22.6. The lowest BCUT2D eigenvalue weighted by Crippen LogP contribution is -2.13. The Morgan fingerprint density at radius 3 is 2.00 bits per heavy atom. The van der Waals surface area contributed by atoms with Crippen molar-refractivity contribution in [3.63, 3.8) is 0 Å². The lowest BCUT2D eigenvalue weighted by atomic mass is 9.98. The second-order valence-electron chi connectivity index (χ2n) is 7.59. The highest BCUT2D eigenvalue weighted by Crippen LogP contribution is 2.32. The van der Waals surface area contributed by atoms with Crippen molar-refractivity contribution >= 4 is 16.9 Å². The van der Waals surface area contributed by atoms with Gasteiger partial charge >= 0.3 is 0 Å². The average Bonchev–Trinajstić information content (AvgIpc) is 3.36. The number of hydrogen-bond donors (Lipinski definition) is 2. The van der Waals surface area contributed by atoms with Crippen molar-refractivity contribution in [1.82, 2.24) is 15.0 Å². The Morgan fingerprint density at radius 2 is 1.56 bits per heavy atom. The quantitative estimate of drug-likeness (QED) is 0.315. The van der Waals surface area contributed by atoms with E-state index in [0.717, 1.165) is 0 Å². The van der Waals surface area contributed by atoms with E-state index in [1.54, 1.807) is 13.0 Å². The molecule has 3 rings (SSSR count). The van der Waals surface area contributed by atoms with Gasteiger partial charge in [0.25, 0.3) is 5.91 Å². The van der Waals surface area contributed by atoms with Crippen molar-refractivity contribution in [1.29, 1.82) is 0 Å². The van der Waals surface area contributed by atoms with Gasteiger partial charge in [-0.2, -0.15) is 0 Å². The van der Waals surface area contributed by atoms with Gasteiger partial charge in [-0.15, -0.1) is 0 Å². The number of amides is 1. The number of nitrogens with two attached hydrogens (primary N) is 1. The van der Waals surface area contributed by atoms with E-state index in [9.17, 15) is 9.18 Å². The molecule has 0 saturated heterocycles. The number of nitrogens with zero attached hydrogens (tertiary/aromatic N) is 2. The van der Waals surface area contributed by atoms with Gasteiger partial charge in [0, 0.05) is 17.3 Å². The molecule has 0 aliphatic carbocycles. The number of unbranched alkanes of at least 4 members (excludes halogenated alkanes) is 4. The number of methoxy groups -OCH3 is 1. The van der Waals surface area contributed by atoms with Crippen molar-refractivity contribution in [2.24, 2.45) is 5.73 Å². The number of rotatable bonds is 7. The zero-order chi connectivity index (χ0) is 28.1. The van der Waals surface area contributed by atoms with Crippen LogP contribution in [0.3, 0.4) is 0 Å². The predicted molar refractivity (Wildman–Crippen MR) is 152 cm³/mol. The summed E-state index contributed by atoms with van der Waals surface area (Å²) in [5.74, 6) is -1.19. The Balaban J connectivity index is 0. The number of aromatic nitrogens is 3. The molecule has 7 heteroatoms. The number of primary amides is 1. The van der Waals surface area contributed by atoms with Crippen LogP contribution in [0.2, 0.25) is 0 Å². The third-order valence-corrected chi connectivity index (χ3v) is 4.66. The Kier molecular flexibility index (Phi) is 20.9. The molecule has 0 saturated carbocycles. The normalized spacial score (nSPS) is 9.31. The van der Waals surface area contributed by atoms with E-state index >= 15 is 0 Å². The summed E-state index contributed by atoms with van der Waals surface area (Å²) < 4.78 is 18.7. The molecule has 3 aromatic rings. The molecule has 1 amide bonds. The van der Waals surface area contributed by atoms with Gasteiger partial charge in [0.05, 0.1) is 30.0 Å². The second kappa shape index (κ2) is 21.3. The molecule has 0 spiro atoms. The van der Waals surface area contributed by atoms with Crippen LogP contribution >= 0.6 is 0 Å². The molecule has 0 fully saturated rings. The van der Waals surface area contributed by atoms with E-state index in [2.05, 4.69) is 42.6 Å². The van der Waals surface area contributed by atoms with Crippen LogP contribution in [0, 0.1) is 12.7 Å². The second-order valence-corrected chi connectivity index (χ2v) is 7.59. The molecule has 0 unspecified atom stereocenters. The summed E-state index contributed by atoms with van der Waals surface area (Å²) in [6.07, 6.45) is 11.2. The minimum atomic E-state index is -0.569. The van der Waals surface area contributed by atoms with E-state index in [-0.39, 0.29) is 5.88 Å². The lowest BCUT2D eigenvalue weighted by Gasteiger charge is -2.09. The smallest absolute Gasteiger partial charge is 0.251 e. The van der Waals surface area contributed by atoms with E-state index < -0.39 is 11.7 Å². The molecule has 6 nitrogen and oxygen atoms in total. The third-order valence-electron chi connectivity index (χ3n) is 4.66. The van der Waals surface area contributed by atoms with Crippen LogP contribution in [-0.2, 0) is 0 Å². The average molecular weight is 505 g/mol. The van der Waals surface area contributed by atoms with Gasteiger partial charge < -0.3 is 15.5 Å². The zero-order valence-electron chi connectivity index (χ0n) is 24.2. The number of carbonyl (C=O) groups excluding carboxylic acids is 1. The molecule has 3 N–H and O–H groups in total. The monoisotopic (exact) mass is 504 g/mol. The first-order chi connectivity index (χ1) is 17.4. The van der Waals surface area contributed by atoms with Crippen molar-refractivity contribution < 1.29 is 13.9 Å². The molecule has 1 aromatic carbocycles. The number of nitrogens with one attached hydrogen (secondary N) is 1. The molecule has 2 aromatic heterocycles. The molecule has 0 bridgehead atoms. The maximum atomic E-state index is 13.9. The minimum Gasteiger partial charge on any atom is -0.479 e. The molecule has 0 aliphatic heterocycles. The molecule has 2 heterocycles. The van der Waals surface area contributed by atoms with Crippen molar-refractivity contribution in [2.45, 2.75) is 101 Å². The van der Waals surface area contributed by atoms with Crippen LogP contribution in [0.15, 0.2) is 24.7 Å². The number of hydrogen-bond acceptors (Lipinski definition) is 4. The Hall–Kier alpha value is -2.96. The van der Waals surface area contributed by atoms with Gasteiger partial charge in [-0.25, -0.2) is 14.4 Å². The summed E-state index contributed by atoms with van der Waals surface area (Å²) >= 11 is 0. The van der Waals surface area contributed by atoms with Crippen LogP contribution in [0.25, 0.3) is 22.2 Å². The highest BCUT2D eigenvalue weighted by molar-refractivity contribution is 6.09. The Morgan fingerprint density at radius 1 is 1.00 bits per heavy atom. The Bertz CT molecular complexity index is 983. The number of benzene rings is 1. The number of ether oxygens (including phenoxy) is 1. The van der Waals surface area contributed by atoms with Gasteiger partial charge in [0.2, 0.25) is 5.88 Å². The summed E-state index contributed by atoms with van der Waals surface area (Å²) in [6, 6.07) is 3.06. The fourth-order valence-corrected chi connectivity index (χ4v) is 3.18. The number of pyridine rings is 1. The van der Waals surface area contributed by atoms with Crippen LogP contribution in [0.1, 0.15) is 110 Å². The summed E-state index contributed by atoms with van der Waals surface area (Å²) in [7, 11) is 1.35. The van der Waals surface area contributed by atoms with Crippen molar-refractivity contribution in [2.75, 3.05) is 7.11 Å². The molecular formula is C29H49FN4O2. The number of aryl methyl sites for hydroxylation is 1. The van der Waals surface area contributed by atoms with Crippen LogP contribution in [0.4, 0.5) is 4.39 Å². The first kappa shape index (κ1) is 35.2. The molecule has 0 radical (unpaired) electrons. The number of H-pyrrole nitrogens is 1. The SMILES string of the molecule is CC.CC.CCC.CCCCCCC.COc1ncc(-c2cc(C)c(C(N)=O)c3[nH]cnc23)cc1F. The maximum Gasteiger partial charge on any atom is 0.251 e. The van der Waals surface area contributed by atoms with E-state index in [4.69, 9.17) is 10.5 Å². The molecule has 204 valence electrons. The molecule has 0 atom stereocenters. The highest BCUT2D eigenvalue weighted by atomic mass is 19.1. The van der Waals surface area contributed by atoms with Crippen LogP contribution in [0.5, 0.6) is 5.88 Å². The lowest BCUT2D eigenvalue weighted by molar-refractivity contribution is 0.100. The van der Waals surface area contributed by atoms with Crippen LogP contribution < -0.4 is 10.5 Å². The fourth-order valence-electron chi connectivity index (χ4n) is 3.18. The first-order valence-electron chi connectivity index (χ1n) is 13.3. The molecular weight excluding hydrogens is 455 g/mol. The van der Waals surface area contributed by atoms with Crippen molar-refractivity contribution in [3.05, 3.63) is 41.6 Å². The standard InChI is InChI=1S/C15H13FN4O2.C7H16.C3H8.2C2H6/c1-7-3-9(8-4-10(16)15(22-2)18-5-8)12-13(20-6-19-12)11(7)14(17)21;1-3-5-7-6-4-2;1-3-2;2*1-2/h3-6H,1-2H3,(H2,17,21)(H,19,20);3-7H2,1-2H3;3H2,1-2H3;2*1-2H3. The van der Waals surface area contributed by atoms with E-state index in [1.165, 1.54) is 64.2 Å². The van der Waals surface area contributed by atoms with Gasteiger partial charge in [-0.05, 0) is 24.6 Å². The van der Waals surface area contributed by atoms with Gasteiger partial charge in [-0.3, -0.25) is 4.79 Å². The minimum absolute atomic E-state index is 0.0764. The Labute approximate surface area is 218 Å². The van der Waals surface area contributed by atoms with Gasteiger partial charge in [0.15, 0.2) is 5.82 Å². The van der Waals surface area contributed by atoms with Gasteiger partial charge in [0.1, 0.15) is 0 Å². The molecule has 0 aliphatic rings. The van der Waals surface area contributed by atoms with E-state index in [1.807, 2.05) is 27.7 Å². The van der Waals surface area contributed by atoms with E-state index in [0.29, 0.717) is 33.3 Å². The number of carbonyl (C=O) groups is 1. The first-order valence-corrected chi connectivity index (χ1v) is 13.3. The number of aromatic amines is 1. The third kappa shape index (κ3) is 11.2. The van der Waals surface area contributed by atoms with Gasteiger partial charge in [-0.1, -0.05) is 93.9 Å². The summed E-state index contributed by atoms with van der Waals surface area (Å²) in [6.45, 7) is 18.5. The van der Waals surface area contributed by atoms with Crippen molar-refractivity contribution in [3.8, 4) is 17.0 Å². The molecule has 36 heavy (non-hydrogen) atoms. The fraction of sp³-hybridized carbons (Fsp3) is 0.552. The maximum absolute atomic E-state index is 13.9. The number of halogens is 1. The van der Waals surface area contributed by atoms with Crippen LogP contribution in [-0.4, -0.2) is 28.0 Å². The number of fused-ring (bicyclic) bond motifs is 1. The summed E-state index contributed by atoms with van der Waals surface area (Å²) in [5, 5.41) is 0. The largest absolute Gasteiger partial charge is 0.479 e. The zero-order valence-corrected chi connectivity index (χ0v) is 24.2. The predicted octanol–water partition coefficient (Wildman–Crippen LogP) is 8.63. The topological polar surface area (TPSA) is 93.9 Å². The number of imidazole rings is 1. The summed E-state index contributed by atoms with van der Waals surface area (Å²) in [5.41, 5.74) is 8.72. The highest BCUT2D eigenvalue weighted by Gasteiger charge is 2.18.